The first-order valence-electron chi connectivity index (χ1n) is 19.3. The molecule has 0 aliphatic rings. The third-order valence-corrected chi connectivity index (χ3v) is 9.41. The second kappa shape index (κ2) is 33.4. The Balaban J connectivity index is 3.38. The summed E-state index contributed by atoms with van der Waals surface area (Å²) in [6.07, 6.45) is 44.7. The van der Waals surface area contributed by atoms with Crippen LogP contribution >= 0.6 is 0 Å². The van der Waals surface area contributed by atoms with Crippen LogP contribution in [0.1, 0.15) is 226 Å². The van der Waals surface area contributed by atoms with Crippen molar-refractivity contribution in [3.05, 3.63) is 5.21 Å². The number of rotatable bonds is 35. The molecule has 0 rings (SSSR count). The van der Waals surface area contributed by atoms with Crippen LogP contribution in [0.5, 0.6) is 0 Å². The zero-order chi connectivity index (χ0) is 29.2. The molecule has 0 saturated carbocycles. The molecule has 0 spiro atoms. The zero-order valence-electron chi connectivity index (χ0n) is 28.6. The summed E-state index contributed by atoms with van der Waals surface area (Å²) in [7, 11) is 0. The van der Waals surface area contributed by atoms with Crippen LogP contribution in [0.2, 0.25) is 0 Å². The van der Waals surface area contributed by atoms with Gasteiger partial charge in [0.05, 0.1) is 19.6 Å². The van der Waals surface area contributed by atoms with Gasteiger partial charge in [0.2, 0.25) is 0 Å². The third kappa shape index (κ3) is 30.9. The molecule has 2 nitrogen and oxygen atoms in total. The predicted molar refractivity (Wildman–Crippen MR) is 183 cm³/mol. The molecule has 0 unspecified atom stereocenters. The van der Waals surface area contributed by atoms with Gasteiger partial charge in [-0.3, -0.25) is 0 Å². The van der Waals surface area contributed by atoms with Crippen molar-refractivity contribution in [2.24, 2.45) is 0 Å². The van der Waals surface area contributed by atoms with Crippen LogP contribution < -0.4 is 0 Å². The van der Waals surface area contributed by atoms with Gasteiger partial charge >= 0.3 is 0 Å². The van der Waals surface area contributed by atoms with Crippen LogP contribution in [-0.2, 0) is 0 Å². The quantitative estimate of drug-likeness (QED) is 0.0425. The Kier molecular flexibility index (Phi) is 33.4. The molecule has 0 N–H and O–H groups in total. The maximum absolute atomic E-state index is 13.1. The Morgan fingerprint density at radius 2 is 0.450 bits per heavy atom. The van der Waals surface area contributed by atoms with Gasteiger partial charge in [-0.1, -0.05) is 194 Å². The maximum Gasteiger partial charge on any atom is 0.0783 e. The average molecular weight is 566 g/mol. The van der Waals surface area contributed by atoms with Crippen molar-refractivity contribution in [1.29, 1.82) is 0 Å². The topological polar surface area (TPSA) is 23.1 Å². The molecule has 0 atom stereocenters. The Hall–Kier alpha value is -0.0800. The van der Waals surface area contributed by atoms with E-state index in [0.29, 0.717) is 0 Å². The number of hydrogen-bond acceptors (Lipinski definition) is 1. The highest BCUT2D eigenvalue weighted by Crippen LogP contribution is 2.17. The van der Waals surface area contributed by atoms with Gasteiger partial charge in [0, 0.05) is 0 Å². The van der Waals surface area contributed by atoms with Gasteiger partial charge in [-0.05, 0) is 32.6 Å². The van der Waals surface area contributed by atoms with Crippen LogP contribution in [-0.4, -0.2) is 24.3 Å². The first-order chi connectivity index (χ1) is 19.7. The number of unbranched alkanes of at least 4 members (excludes halogenated alkanes) is 30. The van der Waals surface area contributed by atoms with E-state index < -0.39 is 0 Å². The number of quaternary nitrogens is 1. The van der Waals surface area contributed by atoms with Gasteiger partial charge in [-0.15, -0.1) is 0 Å². The summed E-state index contributed by atoms with van der Waals surface area (Å²) < 4.78 is 0.0667. The monoisotopic (exact) mass is 566 g/mol. The molecule has 0 fully saturated rings. The Morgan fingerprint density at radius 1 is 0.275 bits per heavy atom. The summed E-state index contributed by atoms with van der Waals surface area (Å²) in [4.78, 5) is 0. The number of hydrogen-bond donors (Lipinski definition) is 0. The molecule has 0 aliphatic carbocycles. The van der Waals surface area contributed by atoms with E-state index in [9.17, 15) is 5.21 Å². The summed E-state index contributed by atoms with van der Waals surface area (Å²) in [5.41, 5.74) is 0. The molecule has 0 saturated heterocycles. The highest BCUT2D eigenvalue weighted by molar-refractivity contribution is 4.53. The summed E-state index contributed by atoms with van der Waals surface area (Å²) in [6, 6.07) is 0. The molecule has 0 amide bonds. The summed E-state index contributed by atoms with van der Waals surface area (Å²) in [5, 5.41) is 13.1. The molecular weight excluding hydrogens is 486 g/mol. The first kappa shape index (κ1) is 39.9. The molecule has 2 heteroatoms. The van der Waals surface area contributed by atoms with Gasteiger partial charge in [0.25, 0.3) is 0 Å². The molecule has 40 heavy (non-hydrogen) atoms. The van der Waals surface area contributed by atoms with Crippen LogP contribution in [0.3, 0.4) is 0 Å². The van der Waals surface area contributed by atoms with E-state index in [-0.39, 0.29) is 4.65 Å². The van der Waals surface area contributed by atoms with Crippen LogP contribution in [0.4, 0.5) is 0 Å². The van der Waals surface area contributed by atoms with E-state index in [1.807, 2.05) is 0 Å². The molecular formula is C38H79NO. The number of nitrogens with zero attached hydrogens (tertiary/aromatic N) is 1. The Morgan fingerprint density at radius 3 is 0.625 bits per heavy atom. The van der Waals surface area contributed by atoms with Crippen molar-refractivity contribution in [2.45, 2.75) is 226 Å². The largest absolute Gasteiger partial charge is 0.633 e. The van der Waals surface area contributed by atoms with Gasteiger partial charge in [0.1, 0.15) is 0 Å². The SMILES string of the molecule is CCCCCCCCCCCCCCCCCC[N+]([O-])(CC)CCCCCCCCCCCCCCCCCC. The van der Waals surface area contributed by atoms with Crippen molar-refractivity contribution in [3.8, 4) is 0 Å². The van der Waals surface area contributed by atoms with Crippen molar-refractivity contribution in [2.75, 3.05) is 19.6 Å². The minimum atomic E-state index is 0.0667. The van der Waals surface area contributed by atoms with E-state index in [2.05, 4.69) is 20.8 Å². The van der Waals surface area contributed by atoms with E-state index in [1.54, 1.807) is 0 Å². The van der Waals surface area contributed by atoms with Crippen LogP contribution in [0.15, 0.2) is 0 Å². The van der Waals surface area contributed by atoms with Crippen LogP contribution in [0, 0.1) is 5.21 Å². The lowest BCUT2D eigenvalue weighted by Crippen LogP contribution is -2.43. The fourth-order valence-corrected chi connectivity index (χ4v) is 6.32. The summed E-state index contributed by atoms with van der Waals surface area (Å²) >= 11 is 0. The van der Waals surface area contributed by atoms with Gasteiger partial charge < -0.3 is 9.85 Å². The number of hydroxylamine groups is 3. The van der Waals surface area contributed by atoms with Crippen molar-refractivity contribution < 1.29 is 4.65 Å². The average Bonchev–Trinajstić information content (AvgIpc) is 2.96. The molecule has 0 heterocycles. The van der Waals surface area contributed by atoms with Gasteiger partial charge in [-0.2, -0.15) is 0 Å². The minimum Gasteiger partial charge on any atom is -0.633 e. The van der Waals surface area contributed by atoms with E-state index in [4.69, 9.17) is 0 Å². The Labute approximate surface area is 255 Å². The van der Waals surface area contributed by atoms with Crippen molar-refractivity contribution in [3.63, 3.8) is 0 Å². The van der Waals surface area contributed by atoms with Crippen molar-refractivity contribution >= 4 is 0 Å². The lowest BCUT2D eigenvalue weighted by Gasteiger charge is -2.42. The van der Waals surface area contributed by atoms with Gasteiger partial charge in [-0.25, -0.2) is 0 Å². The normalized spacial score (nSPS) is 12.0. The Bertz CT molecular complexity index is 415. The fraction of sp³-hybridized carbons (Fsp3) is 1.00. The minimum absolute atomic E-state index is 0.0667. The molecule has 0 aromatic heterocycles. The van der Waals surface area contributed by atoms with Crippen molar-refractivity contribution in [1.82, 2.24) is 0 Å². The highest BCUT2D eigenvalue weighted by Gasteiger charge is 2.13. The maximum atomic E-state index is 13.1. The first-order valence-corrected chi connectivity index (χ1v) is 19.3. The summed E-state index contributed by atoms with van der Waals surface area (Å²) in [5.74, 6) is 0. The molecule has 242 valence electrons. The fourth-order valence-electron chi connectivity index (χ4n) is 6.32. The van der Waals surface area contributed by atoms with Gasteiger partial charge in [0.15, 0.2) is 0 Å². The smallest absolute Gasteiger partial charge is 0.0783 e. The zero-order valence-corrected chi connectivity index (χ0v) is 28.6. The lowest BCUT2D eigenvalue weighted by atomic mass is 10.0. The van der Waals surface area contributed by atoms with Crippen LogP contribution in [0.25, 0.3) is 0 Å². The highest BCUT2D eigenvalue weighted by atomic mass is 16.5. The van der Waals surface area contributed by atoms with E-state index in [1.165, 1.54) is 193 Å². The summed E-state index contributed by atoms with van der Waals surface area (Å²) in [6.45, 7) is 9.17. The third-order valence-electron chi connectivity index (χ3n) is 9.41. The molecule has 0 radical (unpaired) electrons. The van der Waals surface area contributed by atoms with E-state index in [0.717, 1.165) is 32.5 Å². The van der Waals surface area contributed by atoms with E-state index >= 15 is 0 Å². The predicted octanol–water partition coefficient (Wildman–Crippen LogP) is 13.8. The lowest BCUT2D eigenvalue weighted by molar-refractivity contribution is -0.879. The second-order valence-electron chi connectivity index (χ2n) is 13.4. The standard InChI is InChI=1S/C38H79NO/c1-4-7-9-11-13-15-17-19-21-23-25-27-29-31-33-35-37-39(40,6-3)38-36-34-32-30-28-26-24-22-20-18-16-14-12-10-8-5-2/h4-38H2,1-3H3. The second-order valence-corrected chi connectivity index (χ2v) is 13.4. The molecule has 0 aromatic carbocycles. The molecule has 0 aliphatic heterocycles. The molecule has 0 bridgehead atoms. The molecule has 0 aromatic rings.